The zero-order valence-corrected chi connectivity index (χ0v) is 13.8. The third kappa shape index (κ3) is 6.46. The fraction of sp³-hybridized carbons (Fsp3) is 0.875. The molecule has 1 aliphatic rings. The molecule has 122 valence electrons. The summed E-state index contributed by atoms with van der Waals surface area (Å²) in [5, 5.41) is 0. The van der Waals surface area contributed by atoms with Crippen LogP contribution in [-0.4, -0.2) is 60.5 Å². The Balaban J connectivity index is 2.43. The van der Waals surface area contributed by atoms with Gasteiger partial charge in [0.05, 0.1) is 6.10 Å². The van der Waals surface area contributed by atoms with Gasteiger partial charge in [-0.15, -0.1) is 0 Å². The summed E-state index contributed by atoms with van der Waals surface area (Å²) in [5.41, 5.74) is 0. The second-order valence-corrected chi connectivity index (χ2v) is 5.73. The first-order valence-corrected chi connectivity index (χ1v) is 8.23. The second-order valence-electron chi connectivity index (χ2n) is 5.73. The van der Waals surface area contributed by atoms with Crippen molar-refractivity contribution in [3.63, 3.8) is 0 Å². The Morgan fingerprint density at radius 2 is 1.76 bits per heavy atom. The Morgan fingerprint density at radius 1 is 1.10 bits per heavy atom. The van der Waals surface area contributed by atoms with Crippen LogP contribution >= 0.6 is 0 Å². The van der Waals surface area contributed by atoms with E-state index >= 15 is 0 Å². The summed E-state index contributed by atoms with van der Waals surface area (Å²) in [6, 6.07) is 0. The van der Waals surface area contributed by atoms with Crippen LogP contribution in [0.4, 0.5) is 0 Å². The molecule has 0 aromatic heterocycles. The van der Waals surface area contributed by atoms with E-state index in [1.165, 1.54) is 0 Å². The van der Waals surface area contributed by atoms with E-state index in [0.717, 1.165) is 45.4 Å². The Kier molecular flexibility index (Phi) is 8.35. The van der Waals surface area contributed by atoms with Crippen molar-refractivity contribution < 1.29 is 14.3 Å². The van der Waals surface area contributed by atoms with E-state index in [9.17, 15) is 9.59 Å². The number of carbonyl (C=O) groups excluding carboxylic acids is 2. The number of ether oxygens (including phenoxy) is 1. The van der Waals surface area contributed by atoms with Crippen LogP contribution in [0.3, 0.4) is 0 Å². The molecule has 1 atom stereocenters. The van der Waals surface area contributed by atoms with Crippen LogP contribution in [0.2, 0.25) is 0 Å². The van der Waals surface area contributed by atoms with Crippen molar-refractivity contribution in [2.75, 3.05) is 32.8 Å². The van der Waals surface area contributed by atoms with Gasteiger partial charge in [0.25, 0.3) is 0 Å². The van der Waals surface area contributed by atoms with Gasteiger partial charge in [-0.1, -0.05) is 13.8 Å². The molecule has 1 aliphatic heterocycles. The number of nitrogens with zero attached hydrogens (tertiary/aromatic N) is 2. The van der Waals surface area contributed by atoms with Crippen molar-refractivity contribution in [2.45, 2.75) is 59.0 Å². The Bertz CT molecular complexity index is 321. The number of carbonyl (C=O) groups is 2. The molecule has 0 spiro atoms. The highest BCUT2D eigenvalue weighted by Gasteiger charge is 2.22. The predicted octanol–water partition coefficient (Wildman–Crippen LogP) is 2.05. The zero-order chi connectivity index (χ0) is 15.7. The first kappa shape index (κ1) is 18.0. The molecule has 5 nitrogen and oxygen atoms in total. The maximum atomic E-state index is 12.2. The minimum Gasteiger partial charge on any atom is -0.376 e. The first-order valence-electron chi connectivity index (χ1n) is 8.23. The van der Waals surface area contributed by atoms with Gasteiger partial charge < -0.3 is 14.5 Å². The molecule has 2 amide bonds. The standard InChI is InChI=1S/C16H30N2O3/c1-4-9-17(10-5-2)16(20)8-11-18(14(3)19)13-15-7-6-12-21-15/h15H,4-13H2,1-3H3. The van der Waals surface area contributed by atoms with Crippen LogP contribution in [0, 0.1) is 0 Å². The molecule has 1 heterocycles. The summed E-state index contributed by atoms with van der Waals surface area (Å²) in [4.78, 5) is 27.6. The zero-order valence-electron chi connectivity index (χ0n) is 13.8. The molecule has 1 rings (SSSR count). The van der Waals surface area contributed by atoms with E-state index in [2.05, 4.69) is 13.8 Å². The van der Waals surface area contributed by atoms with Crippen LogP contribution in [0.25, 0.3) is 0 Å². The van der Waals surface area contributed by atoms with Gasteiger partial charge >= 0.3 is 0 Å². The van der Waals surface area contributed by atoms with Gasteiger partial charge in [0.2, 0.25) is 11.8 Å². The summed E-state index contributed by atoms with van der Waals surface area (Å²) in [6.07, 6.45) is 4.57. The normalized spacial score (nSPS) is 17.8. The third-order valence-corrected chi connectivity index (χ3v) is 3.83. The third-order valence-electron chi connectivity index (χ3n) is 3.83. The smallest absolute Gasteiger partial charge is 0.224 e. The monoisotopic (exact) mass is 298 g/mol. The summed E-state index contributed by atoms with van der Waals surface area (Å²) in [7, 11) is 0. The van der Waals surface area contributed by atoms with Crippen molar-refractivity contribution in [1.29, 1.82) is 0 Å². The van der Waals surface area contributed by atoms with Gasteiger partial charge in [-0.3, -0.25) is 9.59 Å². The predicted molar refractivity (Wildman–Crippen MR) is 83.0 cm³/mol. The lowest BCUT2D eigenvalue weighted by Gasteiger charge is -2.26. The highest BCUT2D eigenvalue weighted by atomic mass is 16.5. The van der Waals surface area contributed by atoms with E-state index in [4.69, 9.17) is 4.74 Å². The average Bonchev–Trinajstić information content (AvgIpc) is 2.95. The van der Waals surface area contributed by atoms with E-state index in [0.29, 0.717) is 19.5 Å². The first-order chi connectivity index (χ1) is 10.1. The topological polar surface area (TPSA) is 49.9 Å². The Labute approximate surface area is 128 Å². The lowest BCUT2D eigenvalue weighted by molar-refractivity contribution is -0.134. The van der Waals surface area contributed by atoms with Crippen LogP contribution in [0.5, 0.6) is 0 Å². The highest BCUT2D eigenvalue weighted by molar-refractivity contribution is 5.78. The van der Waals surface area contributed by atoms with Gasteiger partial charge in [-0.25, -0.2) is 0 Å². The molecule has 1 fully saturated rings. The summed E-state index contributed by atoms with van der Waals surface area (Å²) < 4.78 is 5.58. The number of hydrogen-bond acceptors (Lipinski definition) is 3. The molecular weight excluding hydrogens is 268 g/mol. The van der Waals surface area contributed by atoms with E-state index in [1.807, 2.05) is 4.90 Å². The lowest BCUT2D eigenvalue weighted by atomic mass is 10.2. The minimum absolute atomic E-state index is 0.0239. The summed E-state index contributed by atoms with van der Waals surface area (Å²) in [5.74, 6) is 0.174. The van der Waals surface area contributed by atoms with E-state index < -0.39 is 0 Å². The maximum absolute atomic E-state index is 12.2. The molecule has 21 heavy (non-hydrogen) atoms. The molecule has 0 aromatic carbocycles. The van der Waals surface area contributed by atoms with Gasteiger partial charge in [-0.05, 0) is 25.7 Å². The van der Waals surface area contributed by atoms with Gasteiger partial charge in [-0.2, -0.15) is 0 Å². The largest absolute Gasteiger partial charge is 0.376 e. The lowest BCUT2D eigenvalue weighted by Crippen LogP contribution is -2.40. The van der Waals surface area contributed by atoms with Crippen LogP contribution < -0.4 is 0 Å². The van der Waals surface area contributed by atoms with Crippen molar-refractivity contribution >= 4 is 11.8 Å². The number of rotatable bonds is 9. The molecule has 1 saturated heterocycles. The average molecular weight is 298 g/mol. The molecule has 0 aliphatic carbocycles. The fourth-order valence-electron chi connectivity index (χ4n) is 2.70. The molecule has 0 aromatic rings. The van der Waals surface area contributed by atoms with Crippen LogP contribution in [0.15, 0.2) is 0 Å². The van der Waals surface area contributed by atoms with Crippen molar-refractivity contribution in [3.05, 3.63) is 0 Å². The van der Waals surface area contributed by atoms with Gasteiger partial charge in [0.15, 0.2) is 0 Å². The molecular formula is C16H30N2O3. The van der Waals surface area contributed by atoms with Gasteiger partial charge in [0, 0.05) is 46.1 Å². The van der Waals surface area contributed by atoms with Crippen molar-refractivity contribution in [3.8, 4) is 0 Å². The maximum Gasteiger partial charge on any atom is 0.224 e. The minimum atomic E-state index is 0.0239. The number of amides is 2. The van der Waals surface area contributed by atoms with Crippen molar-refractivity contribution in [1.82, 2.24) is 9.80 Å². The summed E-state index contributed by atoms with van der Waals surface area (Å²) >= 11 is 0. The quantitative estimate of drug-likeness (QED) is 0.654. The molecule has 0 saturated carbocycles. The molecule has 0 radical (unpaired) electrons. The summed E-state index contributed by atoms with van der Waals surface area (Å²) in [6.45, 7) is 9.23. The molecule has 0 N–H and O–H groups in total. The van der Waals surface area contributed by atoms with Crippen molar-refractivity contribution in [2.24, 2.45) is 0 Å². The molecule has 1 unspecified atom stereocenters. The number of hydrogen-bond donors (Lipinski definition) is 0. The molecule has 0 bridgehead atoms. The Hall–Kier alpha value is -1.10. The Morgan fingerprint density at radius 3 is 2.24 bits per heavy atom. The van der Waals surface area contributed by atoms with E-state index in [1.54, 1.807) is 11.8 Å². The highest BCUT2D eigenvalue weighted by Crippen LogP contribution is 2.14. The second kappa shape index (κ2) is 9.77. The molecule has 5 heteroatoms. The van der Waals surface area contributed by atoms with E-state index in [-0.39, 0.29) is 17.9 Å². The van der Waals surface area contributed by atoms with Gasteiger partial charge in [0.1, 0.15) is 0 Å². The van der Waals surface area contributed by atoms with Crippen LogP contribution in [-0.2, 0) is 14.3 Å². The van der Waals surface area contributed by atoms with Crippen LogP contribution in [0.1, 0.15) is 52.9 Å². The SMILES string of the molecule is CCCN(CCC)C(=O)CCN(CC1CCCO1)C(C)=O. The fourth-order valence-corrected chi connectivity index (χ4v) is 2.70.